The van der Waals surface area contributed by atoms with Crippen LogP contribution in [-0.4, -0.2) is 137 Å². The lowest BCUT2D eigenvalue weighted by Crippen LogP contribution is -2.67. The first-order valence-electron chi connectivity index (χ1n) is 21.3. The molecule has 4 aliphatic carbocycles. The van der Waals surface area contributed by atoms with Gasteiger partial charge in [-0.1, -0.05) is 13.8 Å². The predicted octanol–water partition coefficient (Wildman–Crippen LogP) is 2.87. The number of methoxy groups -OCH3 is 1. The number of hydrogen-bond donors (Lipinski definition) is 5. The van der Waals surface area contributed by atoms with Gasteiger partial charge in [-0.05, 0) is 107 Å². The highest BCUT2D eigenvalue weighted by atomic mass is 16.7. The Morgan fingerprint density at radius 3 is 1.80 bits per heavy atom. The van der Waals surface area contributed by atoms with Gasteiger partial charge in [0.15, 0.2) is 18.9 Å². The third kappa shape index (κ3) is 7.02. The lowest BCUT2D eigenvalue weighted by atomic mass is 9.42. The molecule has 0 spiro atoms. The molecule has 1 unspecified atom stereocenters. The first-order valence-corrected chi connectivity index (χ1v) is 21.3. The van der Waals surface area contributed by atoms with Gasteiger partial charge in [-0.3, -0.25) is 0 Å². The molecule has 56 heavy (non-hydrogen) atoms. The molecule has 4 saturated carbocycles. The molecule has 0 aromatic heterocycles. The van der Waals surface area contributed by atoms with Crippen molar-refractivity contribution in [3.8, 4) is 0 Å². The van der Waals surface area contributed by atoms with Crippen molar-refractivity contribution in [2.45, 2.75) is 197 Å². The highest BCUT2D eigenvalue weighted by molar-refractivity contribution is 5.85. The maximum atomic E-state index is 12.6. The third-order valence-corrected chi connectivity index (χ3v) is 16.2. The molecule has 14 heteroatoms. The Bertz CT molecular complexity index is 1430. The zero-order valence-electron chi connectivity index (χ0n) is 33.9. The quantitative estimate of drug-likeness (QED) is 0.178. The van der Waals surface area contributed by atoms with Crippen molar-refractivity contribution in [3.63, 3.8) is 0 Å². The van der Waals surface area contributed by atoms with E-state index in [9.17, 15) is 30.3 Å². The number of fused-ring (bicyclic) bond motifs is 5. The minimum atomic E-state index is -1.01. The van der Waals surface area contributed by atoms with E-state index in [1.807, 2.05) is 20.8 Å². The van der Waals surface area contributed by atoms with E-state index in [1.165, 1.54) is 7.11 Å². The van der Waals surface area contributed by atoms with Crippen molar-refractivity contribution in [3.05, 3.63) is 11.6 Å². The van der Waals surface area contributed by atoms with Gasteiger partial charge in [0.25, 0.3) is 0 Å². The topological polar surface area (TPSA) is 192 Å². The van der Waals surface area contributed by atoms with E-state index in [1.54, 1.807) is 13.0 Å². The van der Waals surface area contributed by atoms with Crippen LogP contribution in [0.15, 0.2) is 11.6 Å². The van der Waals surface area contributed by atoms with Crippen LogP contribution in [0, 0.1) is 34.5 Å². The third-order valence-electron chi connectivity index (χ3n) is 16.2. The van der Waals surface area contributed by atoms with Gasteiger partial charge in [-0.15, -0.1) is 0 Å². The summed E-state index contributed by atoms with van der Waals surface area (Å²) in [6.45, 7) is 10.1. The molecule has 14 nitrogen and oxygen atoms in total. The summed E-state index contributed by atoms with van der Waals surface area (Å²) >= 11 is 0. The summed E-state index contributed by atoms with van der Waals surface area (Å²) < 4.78 is 47.8. The van der Waals surface area contributed by atoms with E-state index in [0.717, 1.165) is 44.1 Å². The minimum Gasteiger partial charge on any atom is -0.458 e. The van der Waals surface area contributed by atoms with Gasteiger partial charge >= 0.3 is 5.97 Å². The summed E-state index contributed by atoms with van der Waals surface area (Å²) in [6.07, 6.45) is -0.0154. The first-order chi connectivity index (χ1) is 26.5. The van der Waals surface area contributed by atoms with Crippen LogP contribution >= 0.6 is 0 Å². The lowest BCUT2D eigenvalue weighted by Gasteiger charge is -2.65. The number of carbonyl (C=O) groups excluding carboxylic acids is 1. The molecule has 3 saturated heterocycles. The normalized spacial score (nSPS) is 54.8. The van der Waals surface area contributed by atoms with E-state index in [-0.39, 0.29) is 67.2 Å². The average Bonchev–Trinajstić information content (AvgIpc) is 3.68. The molecule has 4 heterocycles. The number of cyclic esters (lactones) is 1. The van der Waals surface area contributed by atoms with Crippen LogP contribution in [0.2, 0.25) is 0 Å². The Kier molecular flexibility index (Phi) is 11.6. The van der Waals surface area contributed by atoms with Crippen LogP contribution in [0.4, 0.5) is 0 Å². The highest BCUT2D eigenvalue weighted by Gasteiger charge is 2.71. The van der Waals surface area contributed by atoms with Crippen molar-refractivity contribution < 1.29 is 68.2 Å². The Labute approximate surface area is 330 Å². The van der Waals surface area contributed by atoms with Crippen LogP contribution in [0.25, 0.3) is 0 Å². The van der Waals surface area contributed by atoms with Crippen molar-refractivity contribution in [2.24, 2.45) is 34.5 Å². The Hall–Kier alpha value is -1.27. The Morgan fingerprint density at radius 2 is 1.27 bits per heavy atom. The van der Waals surface area contributed by atoms with Gasteiger partial charge in [0.2, 0.25) is 0 Å². The van der Waals surface area contributed by atoms with E-state index in [4.69, 9.17) is 37.9 Å². The van der Waals surface area contributed by atoms with Crippen LogP contribution in [0.5, 0.6) is 0 Å². The van der Waals surface area contributed by atoms with Gasteiger partial charge in [-0.25, -0.2) is 4.79 Å². The molecule has 0 aromatic rings. The number of aliphatic hydroxyl groups excluding tert-OH is 4. The standard InChI is InChI=1S/C42H66O14/c1-20-37(49-6)29(43)16-35(51-20)55-39-22(3)53-36(18-31(39)45)56-38-21(2)52-34(17-30(38)44)54-25-9-11-40(4)24(14-25)7-8-27-28(40)15-32(46)41(5)26(10-12-42(27,41)48)23-13-33(47)50-19-23/h13,20-22,24-32,34-39,43-46,48H,7-12,14-19H2,1-6H3/t20-,21-,22-,24-,25+,26?,27-,28+,29+,30+,31+,32-,34-,35+,36+,37+,38+,39+,40+,41+,42+/m1/s1. The number of esters is 1. The number of aliphatic hydroxyl groups is 5. The first kappa shape index (κ1) is 41.5. The largest absolute Gasteiger partial charge is 0.458 e. The monoisotopic (exact) mass is 794 g/mol. The molecule has 8 rings (SSSR count). The van der Waals surface area contributed by atoms with Gasteiger partial charge in [0.05, 0.1) is 54.4 Å². The summed E-state index contributed by atoms with van der Waals surface area (Å²) in [4.78, 5) is 12.0. The average molecular weight is 795 g/mol. The molecular weight excluding hydrogens is 728 g/mol. The minimum absolute atomic E-state index is 0.0386. The van der Waals surface area contributed by atoms with Gasteiger partial charge in [-0.2, -0.15) is 0 Å². The molecular formula is C42H66O14. The second-order valence-electron chi connectivity index (χ2n) is 19.0. The molecule has 0 amide bonds. The van der Waals surface area contributed by atoms with Crippen LogP contribution in [0.3, 0.4) is 0 Å². The zero-order valence-corrected chi connectivity index (χ0v) is 33.9. The Balaban J connectivity index is 0.832. The van der Waals surface area contributed by atoms with Crippen LogP contribution in [0.1, 0.15) is 105 Å². The molecule has 0 bridgehead atoms. The molecule has 4 aliphatic heterocycles. The fourth-order valence-electron chi connectivity index (χ4n) is 13.1. The fourth-order valence-corrected chi connectivity index (χ4v) is 13.1. The molecule has 7 fully saturated rings. The van der Waals surface area contributed by atoms with Crippen molar-refractivity contribution in [1.82, 2.24) is 0 Å². The predicted molar refractivity (Wildman–Crippen MR) is 197 cm³/mol. The highest BCUT2D eigenvalue weighted by Crippen LogP contribution is 2.70. The van der Waals surface area contributed by atoms with Crippen molar-refractivity contribution in [2.75, 3.05) is 13.7 Å². The second kappa shape index (κ2) is 15.6. The van der Waals surface area contributed by atoms with Gasteiger partial charge in [0.1, 0.15) is 24.9 Å². The molecule has 8 aliphatic rings. The molecule has 0 aromatic carbocycles. The maximum absolute atomic E-state index is 12.6. The van der Waals surface area contributed by atoms with E-state index >= 15 is 0 Å². The van der Waals surface area contributed by atoms with Crippen molar-refractivity contribution in [1.29, 1.82) is 0 Å². The zero-order chi connectivity index (χ0) is 39.9. The Morgan fingerprint density at radius 1 is 0.696 bits per heavy atom. The maximum Gasteiger partial charge on any atom is 0.331 e. The lowest BCUT2D eigenvalue weighted by molar-refractivity contribution is -0.336. The summed E-state index contributed by atoms with van der Waals surface area (Å²) in [5.41, 5.74) is -0.877. The number of ether oxygens (including phenoxy) is 8. The smallest absolute Gasteiger partial charge is 0.331 e. The molecule has 5 N–H and O–H groups in total. The summed E-state index contributed by atoms with van der Waals surface area (Å²) in [6, 6.07) is 0. The second-order valence-corrected chi connectivity index (χ2v) is 19.0. The van der Waals surface area contributed by atoms with E-state index < -0.39 is 84.8 Å². The number of carbonyl (C=O) groups is 1. The molecule has 318 valence electrons. The summed E-state index contributed by atoms with van der Waals surface area (Å²) in [5, 5.41) is 57.3. The molecule has 0 radical (unpaired) electrons. The fraction of sp³-hybridized carbons (Fsp3) is 0.929. The van der Waals surface area contributed by atoms with E-state index in [0.29, 0.717) is 18.8 Å². The summed E-state index contributed by atoms with van der Waals surface area (Å²) in [5.74, 6) is 0.223. The summed E-state index contributed by atoms with van der Waals surface area (Å²) in [7, 11) is 1.53. The molecule has 21 atom stereocenters. The van der Waals surface area contributed by atoms with Gasteiger partial charge in [0, 0.05) is 37.9 Å². The SMILES string of the molecule is CO[C@@H]1[C@@H](O)C[C@H](O[C@@H]2[C@@H](O)C[C@H](O[C@@H]3[C@@H](O)C[C@@H](O[C@H]4CC[C@@]5(C)[C@H](CC[C@@H]6[C@@H]5C[C@@H](O)[C@]5(C)C(C7=CC(=O)OC7)CC[C@]65O)C4)O[C@@H]3C)O[C@@H]2C)O[C@@H]1C. The number of rotatable bonds is 8. The van der Waals surface area contributed by atoms with Crippen molar-refractivity contribution >= 4 is 5.97 Å². The van der Waals surface area contributed by atoms with Gasteiger partial charge < -0.3 is 63.4 Å². The van der Waals surface area contributed by atoms with E-state index in [2.05, 4.69) is 6.92 Å². The number of hydrogen-bond acceptors (Lipinski definition) is 14. The van der Waals surface area contributed by atoms with Crippen LogP contribution < -0.4 is 0 Å². The van der Waals surface area contributed by atoms with Crippen LogP contribution in [-0.2, 0) is 42.7 Å².